The zero-order chi connectivity index (χ0) is 20.5. The van der Waals surface area contributed by atoms with E-state index in [0.717, 1.165) is 28.9 Å². The van der Waals surface area contributed by atoms with Crippen LogP contribution in [0.1, 0.15) is 23.7 Å². The molecule has 4 rings (SSSR count). The van der Waals surface area contributed by atoms with E-state index in [1.165, 1.54) is 0 Å². The fourth-order valence-corrected chi connectivity index (χ4v) is 3.06. The summed E-state index contributed by atoms with van der Waals surface area (Å²) < 4.78 is 18.1. The Labute approximate surface area is 167 Å². The zero-order valence-electron chi connectivity index (χ0n) is 16.5. The maximum atomic E-state index is 14.7. The Kier molecular flexibility index (Phi) is 4.79. The van der Waals surface area contributed by atoms with E-state index in [1.54, 1.807) is 10.9 Å². The number of benzene rings is 1. The Morgan fingerprint density at radius 1 is 1.10 bits per heavy atom. The van der Waals surface area contributed by atoms with Crippen LogP contribution in [0.25, 0.3) is 22.8 Å². The summed E-state index contributed by atoms with van der Waals surface area (Å²) in [7, 11) is 0. The monoisotopic (exact) mass is 392 g/mol. The molecule has 0 bridgehead atoms. The molecule has 2 N–H and O–H groups in total. The van der Waals surface area contributed by atoms with Crippen LogP contribution in [0.5, 0.6) is 0 Å². The molecule has 0 spiro atoms. The third-order valence-corrected chi connectivity index (χ3v) is 4.85. The Bertz CT molecular complexity index is 1180. The summed E-state index contributed by atoms with van der Waals surface area (Å²) in [5.74, 6) is -0.570. The van der Waals surface area contributed by atoms with Crippen LogP contribution >= 0.6 is 0 Å². The summed E-state index contributed by atoms with van der Waals surface area (Å²) in [6.45, 7) is 7.19. The van der Waals surface area contributed by atoms with Gasteiger partial charge in [-0.2, -0.15) is 5.10 Å². The van der Waals surface area contributed by atoms with Crippen molar-refractivity contribution in [3.05, 3.63) is 59.3 Å². The summed E-state index contributed by atoms with van der Waals surface area (Å²) in [4.78, 5) is 8.55. The van der Waals surface area contributed by atoms with Gasteiger partial charge >= 0.3 is 0 Å². The van der Waals surface area contributed by atoms with Gasteiger partial charge in [0.15, 0.2) is 17.5 Å². The third kappa shape index (κ3) is 3.58. The number of aryl methyl sites for hydroxylation is 2. The van der Waals surface area contributed by atoms with Gasteiger partial charge in [0.2, 0.25) is 0 Å². The molecule has 9 heteroatoms. The number of nitrogens with zero attached hydrogens (tertiary/aromatic N) is 7. The maximum Gasteiger partial charge on any atom is 0.193 e. The lowest BCUT2D eigenvalue weighted by Gasteiger charge is -2.10. The lowest BCUT2D eigenvalue weighted by molar-refractivity contribution is 0.603. The molecule has 0 saturated carbocycles. The van der Waals surface area contributed by atoms with Gasteiger partial charge in [0.05, 0.1) is 18.4 Å². The van der Waals surface area contributed by atoms with E-state index in [4.69, 9.17) is 5.73 Å². The first kappa shape index (κ1) is 18.7. The normalized spacial score (nSPS) is 11.2. The van der Waals surface area contributed by atoms with Crippen molar-refractivity contribution in [2.75, 3.05) is 5.73 Å². The van der Waals surface area contributed by atoms with Crippen LogP contribution in [0.3, 0.4) is 0 Å². The fourth-order valence-electron chi connectivity index (χ4n) is 3.06. The molecule has 0 aliphatic heterocycles. The number of aromatic nitrogens is 7. The number of hydrogen-bond donors (Lipinski definition) is 1. The van der Waals surface area contributed by atoms with Gasteiger partial charge in [0.25, 0.3) is 0 Å². The first-order valence-corrected chi connectivity index (χ1v) is 9.28. The molecule has 0 atom stereocenters. The quantitative estimate of drug-likeness (QED) is 0.560. The molecule has 148 valence electrons. The minimum Gasteiger partial charge on any atom is -0.381 e. The van der Waals surface area contributed by atoms with E-state index in [0.29, 0.717) is 12.4 Å². The molecular formula is C20H21FN8. The Morgan fingerprint density at radius 2 is 1.93 bits per heavy atom. The molecule has 0 unspecified atom stereocenters. The number of nitrogen functional groups attached to an aromatic ring is 1. The molecule has 3 aromatic heterocycles. The van der Waals surface area contributed by atoms with Gasteiger partial charge in [-0.3, -0.25) is 4.68 Å². The van der Waals surface area contributed by atoms with Gasteiger partial charge in [0.1, 0.15) is 11.4 Å². The van der Waals surface area contributed by atoms with E-state index in [1.807, 2.05) is 55.9 Å². The number of hydrogen-bond acceptors (Lipinski definition) is 6. The molecule has 8 nitrogen and oxygen atoms in total. The van der Waals surface area contributed by atoms with Crippen molar-refractivity contribution in [1.29, 1.82) is 0 Å². The highest BCUT2D eigenvalue weighted by atomic mass is 19.1. The van der Waals surface area contributed by atoms with E-state index in [2.05, 4.69) is 25.4 Å². The molecule has 1 aromatic carbocycles. The third-order valence-electron chi connectivity index (χ3n) is 4.85. The second-order valence-electron chi connectivity index (χ2n) is 6.81. The van der Waals surface area contributed by atoms with Crippen molar-refractivity contribution in [2.45, 2.75) is 33.9 Å². The van der Waals surface area contributed by atoms with Crippen LogP contribution in [-0.2, 0) is 13.1 Å². The van der Waals surface area contributed by atoms with Crippen molar-refractivity contribution in [3.8, 4) is 22.8 Å². The zero-order valence-corrected chi connectivity index (χ0v) is 16.5. The predicted molar refractivity (Wildman–Crippen MR) is 107 cm³/mol. The molecule has 4 aromatic rings. The van der Waals surface area contributed by atoms with Crippen LogP contribution in [0.2, 0.25) is 0 Å². The first-order chi connectivity index (χ1) is 14.0. The van der Waals surface area contributed by atoms with Crippen molar-refractivity contribution in [3.63, 3.8) is 0 Å². The first-order valence-electron chi connectivity index (χ1n) is 9.28. The standard InChI is InChI=1S/C20H21FN8/c1-4-28-9-8-14(26-28)10-29-11-16(25-27-29)18-17(21)19(22)24-20(23-18)15-7-5-6-12(2)13(15)3/h5-9,11H,4,10H2,1-3H3,(H2,22,23,24). The van der Waals surface area contributed by atoms with Gasteiger partial charge in [0, 0.05) is 18.3 Å². The molecule has 0 saturated heterocycles. The number of anilines is 1. The molecule has 3 heterocycles. The van der Waals surface area contributed by atoms with Gasteiger partial charge in [-0.15, -0.1) is 5.10 Å². The fraction of sp³-hybridized carbons (Fsp3) is 0.250. The Morgan fingerprint density at radius 3 is 2.69 bits per heavy atom. The molecular weight excluding hydrogens is 371 g/mol. The molecule has 0 radical (unpaired) electrons. The maximum absolute atomic E-state index is 14.7. The minimum absolute atomic E-state index is 0.0266. The van der Waals surface area contributed by atoms with Crippen LogP contribution < -0.4 is 5.73 Å². The van der Waals surface area contributed by atoms with Gasteiger partial charge in [-0.05, 0) is 38.0 Å². The van der Waals surface area contributed by atoms with Crippen LogP contribution in [0.15, 0.2) is 36.7 Å². The van der Waals surface area contributed by atoms with E-state index < -0.39 is 5.82 Å². The summed E-state index contributed by atoms with van der Waals surface area (Å²) in [5.41, 5.74) is 9.90. The highest BCUT2D eigenvalue weighted by molar-refractivity contribution is 5.67. The topological polar surface area (TPSA) is 100 Å². The highest BCUT2D eigenvalue weighted by Gasteiger charge is 2.19. The summed E-state index contributed by atoms with van der Waals surface area (Å²) in [6.07, 6.45) is 3.52. The van der Waals surface area contributed by atoms with Gasteiger partial charge < -0.3 is 5.73 Å². The second-order valence-corrected chi connectivity index (χ2v) is 6.81. The molecule has 0 aliphatic carbocycles. The molecule has 0 amide bonds. The highest BCUT2D eigenvalue weighted by Crippen LogP contribution is 2.28. The van der Waals surface area contributed by atoms with E-state index in [9.17, 15) is 4.39 Å². The Balaban J connectivity index is 1.71. The van der Waals surface area contributed by atoms with Gasteiger partial charge in [-0.25, -0.2) is 19.0 Å². The Hall–Kier alpha value is -3.62. The van der Waals surface area contributed by atoms with Crippen molar-refractivity contribution < 1.29 is 4.39 Å². The number of nitrogens with two attached hydrogens (primary N) is 1. The van der Waals surface area contributed by atoms with Crippen molar-refractivity contribution in [1.82, 2.24) is 34.7 Å². The minimum atomic E-state index is -0.707. The SMILES string of the molecule is CCn1ccc(Cn2cc(-c3nc(-c4cccc(C)c4C)nc(N)c3F)nn2)n1. The summed E-state index contributed by atoms with van der Waals surface area (Å²) >= 11 is 0. The molecule has 0 fully saturated rings. The number of halogens is 1. The average Bonchev–Trinajstić information content (AvgIpc) is 3.36. The van der Waals surface area contributed by atoms with Crippen molar-refractivity contribution in [2.24, 2.45) is 0 Å². The number of rotatable bonds is 5. The second kappa shape index (κ2) is 7.42. The van der Waals surface area contributed by atoms with Gasteiger partial charge in [-0.1, -0.05) is 23.4 Å². The largest absolute Gasteiger partial charge is 0.381 e. The predicted octanol–water partition coefficient (Wildman–Crippen LogP) is 3.00. The smallest absolute Gasteiger partial charge is 0.193 e. The van der Waals surface area contributed by atoms with Crippen LogP contribution in [-0.4, -0.2) is 34.7 Å². The van der Waals surface area contributed by atoms with Crippen LogP contribution in [0, 0.1) is 19.7 Å². The van der Waals surface area contributed by atoms with Crippen LogP contribution in [0.4, 0.5) is 10.2 Å². The summed E-state index contributed by atoms with van der Waals surface area (Å²) in [5, 5.41) is 12.6. The average molecular weight is 392 g/mol. The summed E-state index contributed by atoms with van der Waals surface area (Å²) in [6, 6.07) is 7.70. The van der Waals surface area contributed by atoms with Crippen molar-refractivity contribution >= 4 is 5.82 Å². The lowest BCUT2D eigenvalue weighted by atomic mass is 10.0. The van der Waals surface area contributed by atoms with E-state index >= 15 is 0 Å². The molecule has 0 aliphatic rings. The lowest BCUT2D eigenvalue weighted by Crippen LogP contribution is -2.04. The molecule has 29 heavy (non-hydrogen) atoms. The van der Waals surface area contributed by atoms with E-state index in [-0.39, 0.29) is 17.2 Å².